The van der Waals surface area contributed by atoms with Gasteiger partial charge in [-0.05, 0) is 24.6 Å². The van der Waals surface area contributed by atoms with E-state index in [0.717, 1.165) is 40.8 Å². The van der Waals surface area contributed by atoms with E-state index < -0.39 is 0 Å². The smallest absolute Gasteiger partial charge is 0.161 e. The van der Waals surface area contributed by atoms with Gasteiger partial charge in [-0.1, -0.05) is 6.07 Å². The average Bonchev–Trinajstić information content (AvgIpc) is 3.02. The molecule has 0 fully saturated rings. The molecule has 1 aliphatic rings. The summed E-state index contributed by atoms with van der Waals surface area (Å²) in [4.78, 5) is 6.63. The minimum Gasteiger partial charge on any atom is -0.486 e. The molecule has 23 heavy (non-hydrogen) atoms. The maximum Gasteiger partial charge on any atom is 0.161 e. The molecule has 2 aromatic heterocycles. The zero-order chi connectivity index (χ0) is 15.8. The van der Waals surface area contributed by atoms with Gasteiger partial charge in [0.1, 0.15) is 19.0 Å². The monoisotopic (exact) mass is 310 g/mol. The van der Waals surface area contributed by atoms with Gasteiger partial charge in [0.15, 0.2) is 17.1 Å². The van der Waals surface area contributed by atoms with Crippen LogP contribution in [0.1, 0.15) is 11.3 Å². The Bertz CT molecular complexity index is 859. The molecule has 3 aromatic rings. The van der Waals surface area contributed by atoms with Crippen molar-refractivity contribution >= 4 is 11.5 Å². The van der Waals surface area contributed by atoms with E-state index in [1.54, 1.807) is 6.20 Å². The number of anilines is 1. The number of fused-ring (bicyclic) bond motifs is 2. The number of nitrogens with zero attached hydrogens (tertiary/aromatic N) is 4. The number of hydrogen-bond acceptors (Lipinski definition) is 5. The third kappa shape index (κ3) is 2.56. The number of rotatable bonds is 3. The lowest BCUT2D eigenvalue weighted by molar-refractivity contribution is 0.171. The Balaban J connectivity index is 1.64. The highest BCUT2D eigenvalue weighted by molar-refractivity contribution is 5.51. The van der Waals surface area contributed by atoms with E-state index in [0.29, 0.717) is 13.2 Å². The van der Waals surface area contributed by atoms with Gasteiger partial charge in [-0.3, -0.25) is 0 Å². The molecule has 6 nitrogen and oxygen atoms in total. The van der Waals surface area contributed by atoms with E-state index in [9.17, 15) is 0 Å². The van der Waals surface area contributed by atoms with Crippen molar-refractivity contribution in [2.24, 2.45) is 0 Å². The topological polar surface area (TPSA) is 51.9 Å². The Kier molecular flexibility index (Phi) is 3.29. The van der Waals surface area contributed by atoms with Crippen LogP contribution in [0, 0.1) is 6.92 Å². The van der Waals surface area contributed by atoms with Crippen LogP contribution in [0.3, 0.4) is 0 Å². The summed E-state index contributed by atoms with van der Waals surface area (Å²) in [6.45, 7) is 3.95. The summed E-state index contributed by atoms with van der Waals surface area (Å²) >= 11 is 0. The number of aryl methyl sites for hydroxylation is 1. The molecule has 0 unspecified atom stereocenters. The minimum atomic E-state index is 0.601. The van der Waals surface area contributed by atoms with Crippen LogP contribution in [-0.2, 0) is 6.54 Å². The zero-order valence-corrected chi connectivity index (χ0v) is 13.2. The molecule has 0 N–H and O–H groups in total. The average molecular weight is 310 g/mol. The van der Waals surface area contributed by atoms with Gasteiger partial charge in [-0.2, -0.15) is 9.61 Å². The molecule has 3 heterocycles. The Labute approximate surface area is 134 Å². The molecule has 4 rings (SSSR count). The molecule has 1 aromatic carbocycles. The molecule has 0 amide bonds. The van der Waals surface area contributed by atoms with Gasteiger partial charge in [-0.15, -0.1) is 0 Å². The van der Waals surface area contributed by atoms with Crippen LogP contribution in [0.15, 0.2) is 36.5 Å². The fourth-order valence-electron chi connectivity index (χ4n) is 2.83. The van der Waals surface area contributed by atoms with E-state index in [-0.39, 0.29) is 0 Å². The highest BCUT2D eigenvalue weighted by Gasteiger charge is 2.14. The maximum atomic E-state index is 5.66. The first-order chi connectivity index (χ1) is 11.2. The molecule has 0 aliphatic carbocycles. The van der Waals surface area contributed by atoms with E-state index in [1.165, 1.54) is 0 Å². The van der Waals surface area contributed by atoms with Crippen molar-refractivity contribution in [2.75, 3.05) is 25.2 Å². The van der Waals surface area contributed by atoms with Crippen molar-refractivity contribution in [3.63, 3.8) is 0 Å². The number of hydrogen-bond donors (Lipinski definition) is 0. The lowest BCUT2D eigenvalue weighted by atomic mass is 10.2. The Morgan fingerprint density at radius 3 is 2.83 bits per heavy atom. The Morgan fingerprint density at radius 2 is 1.96 bits per heavy atom. The molecule has 118 valence electrons. The van der Waals surface area contributed by atoms with E-state index >= 15 is 0 Å². The summed E-state index contributed by atoms with van der Waals surface area (Å²) < 4.78 is 13.1. The molecule has 0 atom stereocenters. The highest BCUT2D eigenvalue weighted by Crippen LogP contribution is 2.31. The molecule has 0 saturated carbocycles. The van der Waals surface area contributed by atoms with Gasteiger partial charge in [0.25, 0.3) is 0 Å². The quantitative estimate of drug-likeness (QED) is 0.744. The van der Waals surface area contributed by atoms with Gasteiger partial charge >= 0.3 is 0 Å². The highest BCUT2D eigenvalue weighted by atomic mass is 16.6. The van der Waals surface area contributed by atoms with Gasteiger partial charge in [0.2, 0.25) is 0 Å². The standard InChI is InChI=1S/C17H18N4O2/c1-12-9-17(21-16(19-12)5-6-18-21)20(2)11-13-3-4-14-15(10-13)23-8-7-22-14/h3-6,9-10H,7-8,11H2,1-2H3. The van der Waals surface area contributed by atoms with Crippen LogP contribution in [-0.4, -0.2) is 34.9 Å². The van der Waals surface area contributed by atoms with E-state index in [1.807, 2.05) is 42.8 Å². The molecule has 1 aliphatic heterocycles. The third-order valence-corrected chi connectivity index (χ3v) is 3.89. The second kappa shape index (κ2) is 5.46. The fourth-order valence-corrected chi connectivity index (χ4v) is 2.83. The number of ether oxygens (including phenoxy) is 2. The third-order valence-electron chi connectivity index (χ3n) is 3.89. The van der Waals surface area contributed by atoms with E-state index in [4.69, 9.17) is 9.47 Å². The predicted molar refractivity (Wildman–Crippen MR) is 87.3 cm³/mol. The summed E-state index contributed by atoms with van der Waals surface area (Å²) in [5, 5.41) is 4.36. The molecule has 0 radical (unpaired) electrons. The second-order valence-electron chi connectivity index (χ2n) is 5.69. The maximum absolute atomic E-state index is 5.66. The summed E-state index contributed by atoms with van der Waals surface area (Å²) in [7, 11) is 2.05. The van der Waals surface area contributed by atoms with Crippen LogP contribution < -0.4 is 14.4 Å². The first-order valence-electron chi connectivity index (χ1n) is 7.62. The Hall–Kier alpha value is -2.76. The van der Waals surface area contributed by atoms with E-state index in [2.05, 4.69) is 21.0 Å². The molecule has 0 bridgehead atoms. The molecular weight excluding hydrogens is 292 g/mol. The van der Waals surface area contributed by atoms with Crippen LogP contribution in [0.2, 0.25) is 0 Å². The SMILES string of the molecule is Cc1cc(N(C)Cc2ccc3c(c2)OCCO3)n2nccc2n1. The molecule has 0 spiro atoms. The normalized spacial score (nSPS) is 13.3. The van der Waals surface area contributed by atoms with Gasteiger partial charge in [0.05, 0.1) is 6.20 Å². The number of aromatic nitrogens is 3. The van der Waals surface area contributed by atoms with Gasteiger partial charge in [-0.25, -0.2) is 4.98 Å². The lowest BCUT2D eigenvalue weighted by Crippen LogP contribution is -2.21. The first kappa shape index (κ1) is 13.9. The first-order valence-corrected chi connectivity index (χ1v) is 7.62. The number of benzene rings is 1. The van der Waals surface area contributed by atoms with Crippen molar-refractivity contribution in [3.8, 4) is 11.5 Å². The Morgan fingerprint density at radius 1 is 1.13 bits per heavy atom. The predicted octanol–water partition coefficient (Wildman–Crippen LogP) is 2.45. The van der Waals surface area contributed by atoms with Crippen LogP contribution in [0.25, 0.3) is 5.65 Å². The van der Waals surface area contributed by atoms with Crippen molar-refractivity contribution < 1.29 is 9.47 Å². The zero-order valence-electron chi connectivity index (χ0n) is 13.2. The van der Waals surface area contributed by atoms with Crippen molar-refractivity contribution in [3.05, 3.63) is 47.8 Å². The van der Waals surface area contributed by atoms with Crippen LogP contribution >= 0.6 is 0 Å². The van der Waals surface area contributed by atoms with Crippen LogP contribution in [0.4, 0.5) is 5.82 Å². The summed E-state index contributed by atoms with van der Waals surface area (Å²) in [5.41, 5.74) is 2.99. The van der Waals surface area contributed by atoms with Crippen molar-refractivity contribution in [2.45, 2.75) is 13.5 Å². The summed E-state index contributed by atoms with van der Waals surface area (Å²) in [6.07, 6.45) is 1.77. The summed E-state index contributed by atoms with van der Waals surface area (Å²) in [6, 6.07) is 10.0. The van der Waals surface area contributed by atoms with Crippen molar-refractivity contribution in [1.82, 2.24) is 14.6 Å². The second-order valence-corrected chi connectivity index (χ2v) is 5.69. The molecule has 0 saturated heterocycles. The summed E-state index contributed by atoms with van der Waals surface area (Å²) in [5.74, 6) is 2.64. The van der Waals surface area contributed by atoms with Gasteiger partial charge in [0, 0.05) is 31.4 Å². The molecular formula is C17H18N4O2. The minimum absolute atomic E-state index is 0.601. The fraction of sp³-hybridized carbons (Fsp3) is 0.294. The van der Waals surface area contributed by atoms with Gasteiger partial charge < -0.3 is 14.4 Å². The van der Waals surface area contributed by atoms with Crippen LogP contribution in [0.5, 0.6) is 11.5 Å². The van der Waals surface area contributed by atoms with Crippen molar-refractivity contribution in [1.29, 1.82) is 0 Å². The lowest BCUT2D eigenvalue weighted by Gasteiger charge is -2.22. The molecule has 6 heteroatoms. The largest absolute Gasteiger partial charge is 0.486 e.